The number of carbonyl (C=O) groups is 1. The first-order chi connectivity index (χ1) is 10.0. The van der Waals surface area contributed by atoms with Gasteiger partial charge in [0.2, 0.25) is 15.9 Å². The maximum Gasteiger partial charge on any atom is 0.247 e. The van der Waals surface area contributed by atoms with Crippen molar-refractivity contribution in [1.82, 2.24) is 14.6 Å². The lowest BCUT2D eigenvalue weighted by Crippen LogP contribution is -2.56. The Balaban J connectivity index is 2.44. The number of piperazine rings is 1. The predicted octanol–water partition coefficient (Wildman–Crippen LogP) is 0.412. The summed E-state index contributed by atoms with van der Waals surface area (Å²) in [4.78, 5) is 15.9. The van der Waals surface area contributed by atoms with E-state index in [1.54, 1.807) is 13.0 Å². The summed E-state index contributed by atoms with van der Waals surface area (Å²) in [5.74, 6) is -0.249. The van der Waals surface area contributed by atoms with Crippen molar-refractivity contribution in [1.29, 1.82) is 0 Å². The first-order valence-corrected chi connectivity index (χ1v) is 8.43. The highest BCUT2D eigenvalue weighted by molar-refractivity contribution is 7.89. The number of nitrogens with zero attached hydrogens (tertiary/aromatic N) is 2. The molecule has 0 aliphatic carbocycles. The Kier molecular flexibility index (Phi) is 4.79. The lowest BCUT2D eigenvalue weighted by molar-refractivity contribution is -0.126. The fraction of sp³-hybridized carbons (Fsp3) is 0.538. The molecule has 2 rings (SSSR count). The van der Waals surface area contributed by atoms with Gasteiger partial charge in [0.15, 0.2) is 0 Å². The Labute approximate surface area is 124 Å². The van der Waals surface area contributed by atoms with Gasteiger partial charge < -0.3 is 10.6 Å². The van der Waals surface area contributed by atoms with Gasteiger partial charge in [0.05, 0.1) is 5.69 Å². The van der Waals surface area contributed by atoms with Crippen LogP contribution in [0.1, 0.15) is 20.3 Å². The van der Waals surface area contributed by atoms with E-state index in [1.165, 1.54) is 16.7 Å². The first kappa shape index (κ1) is 15.7. The van der Waals surface area contributed by atoms with Crippen LogP contribution in [-0.2, 0) is 14.8 Å². The van der Waals surface area contributed by atoms with E-state index in [4.69, 9.17) is 0 Å². The molecule has 1 aliphatic heterocycles. The van der Waals surface area contributed by atoms with Gasteiger partial charge in [-0.05, 0) is 19.4 Å². The van der Waals surface area contributed by atoms with E-state index in [9.17, 15) is 13.2 Å². The van der Waals surface area contributed by atoms with Crippen LogP contribution in [0.4, 0.5) is 5.69 Å². The van der Waals surface area contributed by atoms with Crippen LogP contribution < -0.4 is 10.6 Å². The molecule has 0 bridgehead atoms. The summed E-state index contributed by atoms with van der Waals surface area (Å²) in [6, 6.07) is 0.958. The molecule has 8 heteroatoms. The number of hydrogen-bond acceptors (Lipinski definition) is 5. The van der Waals surface area contributed by atoms with Crippen LogP contribution >= 0.6 is 0 Å². The summed E-state index contributed by atoms with van der Waals surface area (Å²) >= 11 is 0. The van der Waals surface area contributed by atoms with Gasteiger partial charge in [-0.25, -0.2) is 8.42 Å². The lowest BCUT2D eigenvalue weighted by atomic mass is 10.2. The zero-order valence-electron chi connectivity index (χ0n) is 12.2. The summed E-state index contributed by atoms with van der Waals surface area (Å²) in [5, 5.41) is 5.72. The quantitative estimate of drug-likeness (QED) is 0.822. The van der Waals surface area contributed by atoms with E-state index in [0.717, 1.165) is 0 Å². The monoisotopic (exact) mass is 312 g/mol. The van der Waals surface area contributed by atoms with Crippen molar-refractivity contribution in [3.63, 3.8) is 0 Å². The SMILES string of the molecule is CCNc1ccncc1S(=O)(=O)N1CCNC(=O)C1CC. The van der Waals surface area contributed by atoms with Gasteiger partial charge in [-0.15, -0.1) is 0 Å². The van der Waals surface area contributed by atoms with Crippen LogP contribution in [0.2, 0.25) is 0 Å². The van der Waals surface area contributed by atoms with Crippen molar-refractivity contribution in [2.24, 2.45) is 0 Å². The number of rotatable bonds is 5. The van der Waals surface area contributed by atoms with Crippen molar-refractivity contribution in [3.8, 4) is 0 Å². The van der Waals surface area contributed by atoms with Crippen molar-refractivity contribution >= 4 is 21.6 Å². The standard InChI is InChI=1S/C13H20N4O3S/c1-3-11-13(18)16-7-8-17(11)21(19,20)12-9-14-6-5-10(12)15-4-2/h5-6,9,11H,3-4,7-8H2,1-2H3,(H,14,15)(H,16,18). The zero-order valence-corrected chi connectivity index (χ0v) is 13.0. The Morgan fingerprint density at radius 3 is 2.90 bits per heavy atom. The van der Waals surface area contributed by atoms with Crippen LogP contribution in [0, 0.1) is 0 Å². The molecular formula is C13H20N4O3S. The van der Waals surface area contributed by atoms with E-state index in [2.05, 4.69) is 15.6 Å². The molecule has 1 unspecified atom stereocenters. The van der Waals surface area contributed by atoms with Crippen LogP contribution in [0.3, 0.4) is 0 Å². The summed E-state index contributed by atoms with van der Waals surface area (Å²) < 4.78 is 27.0. The maximum atomic E-state index is 12.9. The van der Waals surface area contributed by atoms with Gasteiger partial charge in [-0.1, -0.05) is 6.92 Å². The average molecular weight is 312 g/mol. The largest absolute Gasteiger partial charge is 0.384 e. The van der Waals surface area contributed by atoms with Gasteiger partial charge in [-0.2, -0.15) is 4.31 Å². The molecule has 1 fully saturated rings. The molecule has 21 heavy (non-hydrogen) atoms. The van der Waals surface area contributed by atoms with Crippen LogP contribution in [0.25, 0.3) is 0 Å². The van der Waals surface area contributed by atoms with Crippen molar-refractivity contribution in [3.05, 3.63) is 18.5 Å². The second-order valence-electron chi connectivity index (χ2n) is 4.73. The highest BCUT2D eigenvalue weighted by Crippen LogP contribution is 2.26. The normalized spacial score (nSPS) is 20.1. The summed E-state index contributed by atoms with van der Waals surface area (Å²) in [5.41, 5.74) is 0.508. The molecule has 0 saturated carbocycles. The second kappa shape index (κ2) is 6.40. The molecule has 2 N–H and O–H groups in total. The number of nitrogens with one attached hydrogen (secondary N) is 2. The first-order valence-electron chi connectivity index (χ1n) is 6.99. The number of amides is 1. The minimum absolute atomic E-state index is 0.111. The van der Waals surface area contributed by atoms with Gasteiger partial charge in [0.25, 0.3) is 0 Å². The van der Waals surface area contributed by atoms with Crippen LogP contribution in [0.5, 0.6) is 0 Å². The molecule has 1 aromatic heterocycles. The predicted molar refractivity (Wildman–Crippen MR) is 79.4 cm³/mol. The molecule has 1 amide bonds. The second-order valence-corrected chi connectivity index (χ2v) is 6.59. The number of aromatic nitrogens is 1. The average Bonchev–Trinajstić information content (AvgIpc) is 2.47. The third-order valence-electron chi connectivity index (χ3n) is 3.41. The Bertz CT molecular complexity index is 618. The van der Waals surface area contributed by atoms with Gasteiger partial charge in [0, 0.05) is 32.0 Å². The Morgan fingerprint density at radius 2 is 2.24 bits per heavy atom. The fourth-order valence-corrected chi connectivity index (χ4v) is 4.20. The summed E-state index contributed by atoms with van der Waals surface area (Å²) in [6.45, 7) is 4.88. The van der Waals surface area contributed by atoms with Crippen LogP contribution in [0.15, 0.2) is 23.4 Å². The topological polar surface area (TPSA) is 91.4 Å². The Morgan fingerprint density at radius 1 is 1.48 bits per heavy atom. The summed E-state index contributed by atoms with van der Waals surface area (Å²) in [6.07, 6.45) is 3.30. The number of hydrogen-bond donors (Lipinski definition) is 2. The highest BCUT2D eigenvalue weighted by atomic mass is 32.2. The zero-order chi connectivity index (χ0) is 15.5. The number of carbonyl (C=O) groups excluding carboxylic acids is 1. The van der Waals surface area contributed by atoms with Crippen molar-refractivity contribution in [2.75, 3.05) is 25.0 Å². The molecule has 7 nitrogen and oxygen atoms in total. The minimum Gasteiger partial charge on any atom is -0.384 e. The van der Waals surface area contributed by atoms with Gasteiger partial charge in [0.1, 0.15) is 10.9 Å². The molecule has 1 atom stereocenters. The van der Waals surface area contributed by atoms with E-state index >= 15 is 0 Å². The summed E-state index contributed by atoms with van der Waals surface area (Å²) in [7, 11) is -3.76. The molecule has 116 valence electrons. The highest BCUT2D eigenvalue weighted by Gasteiger charge is 2.38. The number of pyridine rings is 1. The number of sulfonamides is 1. The van der Waals surface area contributed by atoms with E-state index in [1.807, 2.05) is 6.92 Å². The Hall–Kier alpha value is -1.67. The van der Waals surface area contributed by atoms with E-state index in [0.29, 0.717) is 25.2 Å². The molecule has 0 aromatic carbocycles. The molecule has 1 aromatic rings. The molecular weight excluding hydrogens is 292 g/mol. The lowest BCUT2D eigenvalue weighted by Gasteiger charge is -2.33. The van der Waals surface area contributed by atoms with E-state index < -0.39 is 16.1 Å². The number of anilines is 1. The molecule has 2 heterocycles. The fourth-order valence-electron chi connectivity index (χ4n) is 2.42. The third kappa shape index (κ3) is 3.01. The van der Waals surface area contributed by atoms with Crippen molar-refractivity contribution in [2.45, 2.75) is 31.2 Å². The minimum atomic E-state index is -3.76. The van der Waals surface area contributed by atoms with Crippen LogP contribution in [-0.4, -0.2) is 49.3 Å². The molecule has 1 saturated heterocycles. The third-order valence-corrected chi connectivity index (χ3v) is 5.34. The maximum absolute atomic E-state index is 12.9. The molecule has 1 aliphatic rings. The molecule has 0 spiro atoms. The molecule has 0 radical (unpaired) electrons. The van der Waals surface area contributed by atoms with Gasteiger partial charge in [-0.3, -0.25) is 9.78 Å². The van der Waals surface area contributed by atoms with E-state index in [-0.39, 0.29) is 17.3 Å². The van der Waals surface area contributed by atoms with Crippen molar-refractivity contribution < 1.29 is 13.2 Å². The van der Waals surface area contributed by atoms with Gasteiger partial charge >= 0.3 is 0 Å². The smallest absolute Gasteiger partial charge is 0.247 e.